The van der Waals surface area contributed by atoms with Gasteiger partial charge in [0, 0.05) is 31.4 Å². The van der Waals surface area contributed by atoms with Crippen LogP contribution in [0.1, 0.15) is 71.1 Å². The Morgan fingerprint density at radius 1 is 1.10 bits per heavy atom. The summed E-state index contributed by atoms with van der Waals surface area (Å²) in [5.74, 6) is -1.90. The Morgan fingerprint density at radius 2 is 1.93 bits per heavy atom. The van der Waals surface area contributed by atoms with Gasteiger partial charge in [-0.3, -0.25) is 9.48 Å². The van der Waals surface area contributed by atoms with Gasteiger partial charge in [-0.15, -0.1) is 5.10 Å². The Morgan fingerprint density at radius 3 is 2.67 bits per heavy atom. The van der Waals surface area contributed by atoms with Crippen molar-refractivity contribution < 1.29 is 19.1 Å². The topological polar surface area (TPSA) is 106 Å². The number of carboxylic acid groups (broad SMARTS) is 1. The van der Waals surface area contributed by atoms with E-state index in [9.17, 15) is 14.7 Å². The summed E-state index contributed by atoms with van der Waals surface area (Å²) in [5.41, 5.74) is 2.88. The lowest BCUT2D eigenvalue weighted by molar-refractivity contribution is 0.0595. The molecule has 2 aromatic heterocycles. The number of amides is 1. The second-order valence-electron chi connectivity index (χ2n) is 10.3. The average Bonchev–Trinajstić information content (AvgIpc) is 3.58. The first-order chi connectivity index (χ1) is 19.4. The summed E-state index contributed by atoms with van der Waals surface area (Å²) >= 11 is 0. The van der Waals surface area contributed by atoms with Gasteiger partial charge in [0.1, 0.15) is 11.4 Å². The van der Waals surface area contributed by atoms with E-state index in [1.54, 1.807) is 65.1 Å². The molecule has 0 spiro atoms. The highest BCUT2D eigenvalue weighted by molar-refractivity contribution is 5.96. The maximum absolute atomic E-state index is 15.9. The van der Waals surface area contributed by atoms with Gasteiger partial charge in [-0.25, -0.2) is 13.9 Å². The van der Waals surface area contributed by atoms with Gasteiger partial charge in [0.25, 0.3) is 5.91 Å². The van der Waals surface area contributed by atoms with Gasteiger partial charge in [-0.1, -0.05) is 42.8 Å². The molecular weight excluding hydrogens is 511 g/mol. The van der Waals surface area contributed by atoms with Crippen LogP contribution in [0.2, 0.25) is 0 Å². The molecule has 0 saturated carbocycles. The number of hydrogen-bond acceptors (Lipinski definition) is 5. The van der Waals surface area contributed by atoms with Gasteiger partial charge in [-0.05, 0) is 62.3 Å². The third-order valence-electron chi connectivity index (χ3n) is 7.51. The van der Waals surface area contributed by atoms with Crippen LogP contribution in [0.3, 0.4) is 0 Å². The van der Waals surface area contributed by atoms with E-state index in [0.29, 0.717) is 41.9 Å². The SMILES string of the molecule is CCC[C@@H]1CCCCN1C(=O)c1cccc(-c2cccc(-n3ncc(C(=O)O)c3CCc3cn(C)nn3)c2)c1F. The number of hydrogen-bond donors (Lipinski definition) is 1. The van der Waals surface area contributed by atoms with Crippen molar-refractivity contribution in [1.29, 1.82) is 0 Å². The number of piperidine rings is 1. The molecule has 1 atom stereocenters. The first-order valence-corrected chi connectivity index (χ1v) is 13.7. The fourth-order valence-electron chi connectivity index (χ4n) is 5.55. The van der Waals surface area contributed by atoms with Crippen LogP contribution in [0.5, 0.6) is 0 Å². The number of nitrogens with zero attached hydrogens (tertiary/aromatic N) is 6. The van der Waals surface area contributed by atoms with E-state index >= 15 is 4.39 Å². The molecular formula is C30H33FN6O3. The van der Waals surface area contributed by atoms with Gasteiger partial charge in [-0.2, -0.15) is 5.10 Å². The molecule has 10 heteroatoms. The van der Waals surface area contributed by atoms with Crippen molar-refractivity contribution in [2.75, 3.05) is 6.54 Å². The fourth-order valence-corrected chi connectivity index (χ4v) is 5.55. The van der Waals surface area contributed by atoms with Crippen LogP contribution in [0.25, 0.3) is 16.8 Å². The maximum atomic E-state index is 15.9. The molecule has 0 aliphatic carbocycles. The highest BCUT2D eigenvalue weighted by atomic mass is 19.1. The van der Waals surface area contributed by atoms with Crippen molar-refractivity contribution in [2.45, 2.75) is 57.9 Å². The second-order valence-corrected chi connectivity index (χ2v) is 10.3. The Balaban J connectivity index is 1.47. The molecule has 0 unspecified atom stereocenters. The number of likely N-dealkylation sites (tertiary alicyclic amines) is 1. The van der Waals surface area contributed by atoms with Crippen molar-refractivity contribution in [1.82, 2.24) is 29.7 Å². The predicted octanol–water partition coefficient (Wildman–Crippen LogP) is 5.09. The van der Waals surface area contributed by atoms with Crippen LogP contribution >= 0.6 is 0 Å². The molecule has 208 valence electrons. The Labute approximate surface area is 232 Å². The Kier molecular flexibility index (Phi) is 8.04. The number of carboxylic acids is 1. The van der Waals surface area contributed by atoms with Crippen LogP contribution in [0, 0.1) is 5.82 Å². The summed E-state index contributed by atoms with van der Waals surface area (Å²) in [4.78, 5) is 27.3. The lowest BCUT2D eigenvalue weighted by Gasteiger charge is -2.36. The molecule has 1 aliphatic heterocycles. The molecule has 0 radical (unpaired) electrons. The standard InChI is InChI=1S/C30H33FN6O3/c1-3-8-22-10-4-5-16-36(22)29(38)25-13-7-12-24(28(25)31)20-9-6-11-23(17-20)37-27(26(18-32-37)30(39)40)15-14-21-19-35(2)34-33-21/h6-7,9,11-13,17-19,22H,3-5,8,10,14-16H2,1-2H3,(H,39,40)/t22-/m1/s1. The monoisotopic (exact) mass is 544 g/mol. The molecule has 0 bridgehead atoms. The number of halogens is 1. The number of aromatic carboxylic acids is 1. The minimum Gasteiger partial charge on any atom is -0.478 e. The normalized spacial score (nSPS) is 15.4. The quantitative estimate of drug-likeness (QED) is 0.315. The second kappa shape index (κ2) is 11.8. The zero-order chi connectivity index (χ0) is 28.2. The predicted molar refractivity (Wildman–Crippen MR) is 148 cm³/mol. The van der Waals surface area contributed by atoms with E-state index in [-0.39, 0.29) is 23.1 Å². The van der Waals surface area contributed by atoms with Crippen molar-refractivity contribution >= 4 is 11.9 Å². The van der Waals surface area contributed by atoms with E-state index in [1.807, 2.05) is 4.90 Å². The number of carbonyl (C=O) groups excluding carboxylic acids is 1. The van der Waals surface area contributed by atoms with E-state index in [0.717, 1.165) is 37.8 Å². The van der Waals surface area contributed by atoms with Crippen LogP contribution in [0.4, 0.5) is 4.39 Å². The van der Waals surface area contributed by atoms with Gasteiger partial charge >= 0.3 is 5.97 Å². The molecule has 4 aromatic rings. The molecule has 9 nitrogen and oxygen atoms in total. The average molecular weight is 545 g/mol. The smallest absolute Gasteiger partial charge is 0.339 e. The van der Waals surface area contributed by atoms with Crippen molar-refractivity contribution in [2.24, 2.45) is 7.05 Å². The summed E-state index contributed by atoms with van der Waals surface area (Å²) in [6.45, 7) is 2.75. The van der Waals surface area contributed by atoms with Crippen molar-refractivity contribution in [3.8, 4) is 16.8 Å². The number of rotatable bonds is 9. The minimum absolute atomic E-state index is 0.0721. The number of carbonyl (C=O) groups is 2. The van der Waals surface area contributed by atoms with Crippen molar-refractivity contribution in [3.63, 3.8) is 0 Å². The lowest BCUT2D eigenvalue weighted by atomic mass is 9.96. The zero-order valence-electron chi connectivity index (χ0n) is 22.8. The maximum Gasteiger partial charge on any atom is 0.339 e. The molecule has 40 heavy (non-hydrogen) atoms. The summed E-state index contributed by atoms with van der Waals surface area (Å²) in [6, 6.07) is 12.2. The summed E-state index contributed by atoms with van der Waals surface area (Å²) in [5, 5.41) is 22.1. The number of aromatic nitrogens is 5. The van der Waals surface area contributed by atoms with Crippen LogP contribution in [-0.4, -0.2) is 59.2 Å². The number of benzene rings is 2. The first kappa shape index (κ1) is 27.2. The third kappa shape index (κ3) is 5.52. The Hall–Kier alpha value is -4.34. The third-order valence-corrected chi connectivity index (χ3v) is 7.51. The molecule has 2 aromatic carbocycles. The zero-order valence-corrected chi connectivity index (χ0v) is 22.8. The van der Waals surface area contributed by atoms with Gasteiger partial charge in [0.15, 0.2) is 0 Å². The highest BCUT2D eigenvalue weighted by Crippen LogP contribution is 2.30. The van der Waals surface area contributed by atoms with Crippen molar-refractivity contribution in [3.05, 3.63) is 83.2 Å². The van der Waals surface area contributed by atoms with E-state index in [1.165, 1.54) is 6.20 Å². The van der Waals surface area contributed by atoms with E-state index in [4.69, 9.17) is 0 Å². The summed E-state index contributed by atoms with van der Waals surface area (Å²) < 4.78 is 19.1. The molecule has 1 fully saturated rings. The largest absolute Gasteiger partial charge is 0.478 e. The molecule has 1 amide bonds. The first-order valence-electron chi connectivity index (χ1n) is 13.7. The van der Waals surface area contributed by atoms with Gasteiger partial charge < -0.3 is 10.0 Å². The Bertz CT molecular complexity index is 1530. The summed E-state index contributed by atoms with van der Waals surface area (Å²) in [7, 11) is 1.77. The van der Waals surface area contributed by atoms with Crippen LogP contribution in [-0.2, 0) is 19.9 Å². The van der Waals surface area contributed by atoms with Gasteiger partial charge in [0.2, 0.25) is 0 Å². The van der Waals surface area contributed by atoms with Gasteiger partial charge in [0.05, 0.1) is 28.8 Å². The van der Waals surface area contributed by atoms with Crippen LogP contribution < -0.4 is 0 Å². The lowest BCUT2D eigenvalue weighted by Crippen LogP contribution is -2.44. The van der Waals surface area contributed by atoms with Crippen LogP contribution in [0.15, 0.2) is 54.9 Å². The van der Waals surface area contributed by atoms with E-state index in [2.05, 4.69) is 22.3 Å². The fraction of sp³-hybridized carbons (Fsp3) is 0.367. The minimum atomic E-state index is -1.08. The molecule has 1 saturated heterocycles. The molecule has 5 rings (SSSR count). The highest BCUT2D eigenvalue weighted by Gasteiger charge is 2.29. The van der Waals surface area contributed by atoms with E-state index < -0.39 is 11.8 Å². The summed E-state index contributed by atoms with van der Waals surface area (Å²) in [6.07, 6.45) is 8.81. The molecule has 1 aliphatic rings. The number of aryl methyl sites for hydroxylation is 2. The molecule has 1 N–H and O–H groups in total. The molecule has 3 heterocycles.